The number of benzene rings is 2. The number of rotatable bonds is 2. The van der Waals surface area contributed by atoms with Crippen molar-refractivity contribution in [2.24, 2.45) is 0 Å². The number of pyridine rings is 1. The van der Waals surface area contributed by atoms with Gasteiger partial charge in [-0.1, -0.05) is 36.4 Å². The fourth-order valence-electron chi connectivity index (χ4n) is 3.58. The minimum Gasteiger partial charge on any atom is -0.545 e. The number of halogens is 3. The van der Waals surface area contributed by atoms with Crippen molar-refractivity contribution in [1.82, 2.24) is 4.98 Å². The molecule has 6 heteroatoms. The summed E-state index contributed by atoms with van der Waals surface area (Å²) in [6.45, 7) is 0. The molecule has 0 unspecified atom stereocenters. The number of para-hydroxylation sites is 1. The molecule has 0 aliphatic heterocycles. The van der Waals surface area contributed by atoms with E-state index in [0.717, 1.165) is 6.07 Å². The second-order valence-corrected chi connectivity index (χ2v) is 6.37. The molecule has 136 valence electrons. The lowest BCUT2D eigenvalue weighted by molar-refractivity contribution is -0.254. The second kappa shape index (κ2) is 6.23. The average molecular weight is 368 g/mol. The summed E-state index contributed by atoms with van der Waals surface area (Å²) in [4.78, 5) is 16.2. The normalized spacial score (nSPS) is 15.3. The molecule has 0 spiro atoms. The highest BCUT2D eigenvalue weighted by atomic mass is 19.4. The van der Waals surface area contributed by atoms with Crippen LogP contribution in [0.25, 0.3) is 22.6 Å². The third kappa shape index (κ3) is 2.97. The molecule has 0 saturated heterocycles. The number of carboxylic acids is 1. The van der Waals surface area contributed by atoms with Gasteiger partial charge in [-0.3, -0.25) is 0 Å². The maximum atomic E-state index is 13.3. The van der Waals surface area contributed by atoms with Crippen LogP contribution >= 0.6 is 0 Å². The predicted octanol–water partition coefficient (Wildman–Crippen LogP) is 4.10. The van der Waals surface area contributed by atoms with Crippen LogP contribution in [-0.2, 0) is 12.6 Å². The molecule has 0 saturated carbocycles. The summed E-state index contributed by atoms with van der Waals surface area (Å²) < 4.78 is 39.8. The molecule has 3 nitrogen and oxygen atoms in total. The summed E-state index contributed by atoms with van der Waals surface area (Å²) in [5, 5.41) is 12.2. The zero-order valence-corrected chi connectivity index (χ0v) is 14.0. The van der Waals surface area contributed by atoms with E-state index in [4.69, 9.17) is 0 Å². The molecule has 2 aromatic carbocycles. The van der Waals surface area contributed by atoms with E-state index in [1.165, 1.54) is 24.3 Å². The molecule has 0 N–H and O–H groups in total. The van der Waals surface area contributed by atoms with Crippen molar-refractivity contribution in [2.75, 3.05) is 0 Å². The summed E-state index contributed by atoms with van der Waals surface area (Å²) in [5.41, 5.74) is 1.41. The molecule has 3 aromatic rings. The zero-order valence-electron chi connectivity index (χ0n) is 14.0. The maximum absolute atomic E-state index is 13.3. The lowest BCUT2D eigenvalue weighted by Gasteiger charge is -2.13. The van der Waals surface area contributed by atoms with Gasteiger partial charge in [-0.2, -0.15) is 13.2 Å². The summed E-state index contributed by atoms with van der Waals surface area (Å²) >= 11 is 0. The fourth-order valence-corrected chi connectivity index (χ4v) is 3.58. The van der Waals surface area contributed by atoms with E-state index in [0.29, 0.717) is 40.6 Å². The van der Waals surface area contributed by atoms with Crippen molar-refractivity contribution in [3.63, 3.8) is 0 Å². The fraction of sp³-hybridized carbons (Fsp3) is 0.143. The van der Waals surface area contributed by atoms with Gasteiger partial charge in [-0.25, -0.2) is 4.98 Å². The van der Waals surface area contributed by atoms with Crippen LogP contribution in [0.3, 0.4) is 0 Å². The Hall–Kier alpha value is -3.15. The van der Waals surface area contributed by atoms with Crippen molar-refractivity contribution < 1.29 is 23.1 Å². The largest absolute Gasteiger partial charge is 0.545 e. The molecule has 0 radical (unpaired) electrons. The van der Waals surface area contributed by atoms with Gasteiger partial charge in [0.15, 0.2) is 0 Å². The summed E-state index contributed by atoms with van der Waals surface area (Å²) in [5.74, 6) is -1.30. The van der Waals surface area contributed by atoms with Crippen molar-refractivity contribution in [2.45, 2.75) is 19.0 Å². The Morgan fingerprint density at radius 2 is 1.74 bits per heavy atom. The molecule has 1 aliphatic rings. The van der Waals surface area contributed by atoms with E-state index in [9.17, 15) is 23.1 Å². The molecular formula is C21H13F3NO2-. The van der Waals surface area contributed by atoms with Crippen LogP contribution in [0, 0.1) is 0 Å². The standard InChI is InChI=1S/C21H14F3NO2/c22-21(23,24)16-7-3-1-5-12(16)11-13-9-10-15-18(20(26)27)14-6-2-4-8-17(14)25-19(13)15/h1-8,11H,9-10H2,(H,26,27)/p-1/b13-11+. The third-order valence-electron chi connectivity index (χ3n) is 4.74. The number of fused-ring (bicyclic) bond motifs is 2. The van der Waals surface area contributed by atoms with Crippen molar-refractivity contribution in [1.29, 1.82) is 0 Å². The van der Waals surface area contributed by atoms with E-state index < -0.39 is 17.7 Å². The molecule has 0 bridgehead atoms. The highest BCUT2D eigenvalue weighted by Crippen LogP contribution is 2.39. The van der Waals surface area contributed by atoms with Gasteiger partial charge in [0.1, 0.15) is 0 Å². The first-order valence-corrected chi connectivity index (χ1v) is 8.36. The van der Waals surface area contributed by atoms with E-state index in [1.54, 1.807) is 24.3 Å². The van der Waals surface area contributed by atoms with Crippen molar-refractivity contribution in [3.8, 4) is 0 Å². The van der Waals surface area contributed by atoms with Crippen LogP contribution < -0.4 is 5.11 Å². The van der Waals surface area contributed by atoms with Gasteiger partial charge in [0.25, 0.3) is 0 Å². The van der Waals surface area contributed by atoms with Crippen LogP contribution in [0.15, 0.2) is 48.5 Å². The van der Waals surface area contributed by atoms with Gasteiger partial charge in [0, 0.05) is 10.9 Å². The quantitative estimate of drug-likeness (QED) is 0.684. The minimum atomic E-state index is -4.47. The Bertz CT molecular complexity index is 1100. The highest BCUT2D eigenvalue weighted by Gasteiger charge is 2.33. The molecule has 1 aliphatic carbocycles. The van der Waals surface area contributed by atoms with E-state index in [-0.39, 0.29) is 11.1 Å². The predicted molar refractivity (Wildman–Crippen MR) is 93.7 cm³/mol. The number of carboxylic acid groups (broad SMARTS) is 1. The van der Waals surface area contributed by atoms with Crippen LogP contribution in [-0.4, -0.2) is 11.0 Å². The SMILES string of the molecule is O=C([O-])c1c2c(nc3ccccc13)/C(=C/c1ccccc1C(F)(F)F)CC2. The van der Waals surface area contributed by atoms with Crippen LogP contribution in [0.4, 0.5) is 13.2 Å². The van der Waals surface area contributed by atoms with E-state index >= 15 is 0 Å². The van der Waals surface area contributed by atoms with Gasteiger partial charge in [-0.05, 0) is 47.8 Å². The Morgan fingerprint density at radius 1 is 1.04 bits per heavy atom. The van der Waals surface area contributed by atoms with Gasteiger partial charge >= 0.3 is 6.18 Å². The van der Waals surface area contributed by atoms with E-state index in [2.05, 4.69) is 4.98 Å². The molecule has 0 atom stereocenters. The van der Waals surface area contributed by atoms with Gasteiger partial charge in [0.05, 0.1) is 22.7 Å². The lowest BCUT2D eigenvalue weighted by Crippen LogP contribution is -2.24. The first kappa shape index (κ1) is 17.3. The molecule has 0 amide bonds. The number of carbonyl (C=O) groups is 1. The Morgan fingerprint density at radius 3 is 2.48 bits per heavy atom. The number of allylic oxidation sites excluding steroid dienone is 1. The van der Waals surface area contributed by atoms with Crippen LogP contribution in [0.1, 0.15) is 39.2 Å². The second-order valence-electron chi connectivity index (χ2n) is 6.37. The average Bonchev–Trinajstić information content (AvgIpc) is 3.01. The topological polar surface area (TPSA) is 53.0 Å². The molecule has 4 rings (SSSR count). The Balaban J connectivity index is 1.93. The van der Waals surface area contributed by atoms with Crippen LogP contribution in [0.2, 0.25) is 0 Å². The number of nitrogens with zero attached hydrogens (tertiary/aromatic N) is 1. The maximum Gasteiger partial charge on any atom is 0.416 e. The summed E-state index contributed by atoms with van der Waals surface area (Å²) in [6.07, 6.45) is -2.20. The lowest BCUT2D eigenvalue weighted by atomic mass is 10.00. The monoisotopic (exact) mass is 368 g/mol. The highest BCUT2D eigenvalue weighted by molar-refractivity contribution is 6.05. The smallest absolute Gasteiger partial charge is 0.416 e. The first-order chi connectivity index (χ1) is 12.9. The molecule has 0 fully saturated rings. The van der Waals surface area contributed by atoms with Gasteiger partial charge in [-0.15, -0.1) is 0 Å². The van der Waals surface area contributed by atoms with Gasteiger partial charge < -0.3 is 9.90 Å². The summed E-state index contributed by atoms with van der Waals surface area (Å²) in [6, 6.07) is 12.1. The minimum absolute atomic E-state index is 0.0396. The van der Waals surface area contributed by atoms with Crippen molar-refractivity contribution in [3.05, 3.63) is 76.5 Å². The zero-order chi connectivity index (χ0) is 19.2. The number of hydrogen-bond acceptors (Lipinski definition) is 3. The van der Waals surface area contributed by atoms with E-state index in [1.807, 2.05) is 0 Å². The molecule has 1 aromatic heterocycles. The van der Waals surface area contributed by atoms with Crippen molar-refractivity contribution >= 4 is 28.5 Å². The number of carbonyl (C=O) groups excluding carboxylic acids is 1. The van der Waals surface area contributed by atoms with Crippen LogP contribution in [0.5, 0.6) is 0 Å². The van der Waals surface area contributed by atoms with Gasteiger partial charge in [0.2, 0.25) is 0 Å². The summed E-state index contributed by atoms with van der Waals surface area (Å²) in [7, 11) is 0. The molecule has 27 heavy (non-hydrogen) atoms. The number of aromatic nitrogens is 1. The first-order valence-electron chi connectivity index (χ1n) is 8.36. The molecule has 1 heterocycles. The Kier molecular flexibility index (Phi) is 3.98. The number of alkyl halides is 3. The number of aromatic carboxylic acids is 1. The third-order valence-corrected chi connectivity index (χ3v) is 4.74. The molecular weight excluding hydrogens is 355 g/mol. The Labute approximate surface area is 152 Å². The number of hydrogen-bond donors (Lipinski definition) is 0.